The van der Waals surface area contributed by atoms with E-state index < -0.39 is 0 Å². The first-order valence-electron chi connectivity index (χ1n) is 14.7. The highest BCUT2D eigenvalue weighted by Gasteiger charge is 2.26. The fourth-order valence-corrected chi connectivity index (χ4v) is 5.61. The normalized spacial score (nSPS) is 15.0. The lowest BCUT2D eigenvalue weighted by Crippen LogP contribution is -2.42. The van der Waals surface area contributed by atoms with E-state index in [4.69, 9.17) is 4.74 Å². The van der Waals surface area contributed by atoms with Gasteiger partial charge in [0.25, 0.3) is 0 Å². The number of aromatic nitrogens is 3. The number of carbonyl (C=O) groups excluding carboxylic acids is 2. The number of benzene rings is 3. The van der Waals surface area contributed by atoms with E-state index in [-0.39, 0.29) is 24.8 Å². The molecule has 0 aliphatic carbocycles. The molecule has 0 bridgehead atoms. The number of ether oxygens (including phenoxy) is 1. The van der Waals surface area contributed by atoms with Crippen LogP contribution in [0, 0.1) is 6.92 Å². The van der Waals surface area contributed by atoms with Gasteiger partial charge in [-0.1, -0.05) is 42.5 Å². The highest BCUT2D eigenvalue weighted by molar-refractivity contribution is 5.96. The smallest absolute Gasteiger partial charge is 0.246 e. The number of anilines is 1. The van der Waals surface area contributed by atoms with Crippen molar-refractivity contribution in [1.82, 2.24) is 24.8 Å². The summed E-state index contributed by atoms with van der Waals surface area (Å²) < 4.78 is 5.29. The summed E-state index contributed by atoms with van der Waals surface area (Å²) in [7, 11) is 1.64. The van der Waals surface area contributed by atoms with Crippen molar-refractivity contribution in [2.24, 2.45) is 0 Å². The first-order chi connectivity index (χ1) is 20.3. The van der Waals surface area contributed by atoms with Gasteiger partial charge in [-0.05, 0) is 68.1 Å². The summed E-state index contributed by atoms with van der Waals surface area (Å²) in [4.78, 5) is 35.4. The summed E-state index contributed by atoms with van der Waals surface area (Å²) in [6, 6.07) is 21.7. The van der Waals surface area contributed by atoms with Crippen molar-refractivity contribution >= 4 is 28.5 Å². The van der Waals surface area contributed by atoms with Crippen LogP contribution in [0.1, 0.15) is 37.0 Å². The van der Waals surface area contributed by atoms with Crippen molar-refractivity contribution in [2.45, 2.75) is 52.7 Å². The predicted octanol–water partition coefficient (Wildman–Crippen LogP) is 4.47. The fraction of sp³-hybridized carbons (Fsp3) is 0.394. The molecule has 220 valence electrons. The Bertz CT molecular complexity index is 1500. The van der Waals surface area contributed by atoms with Crippen molar-refractivity contribution < 1.29 is 14.3 Å². The summed E-state index contributed by atoms with van der Waals surface area (Å²) in [6.07, 6.45) is 1.12. The Morgan fingerprint density at radius 1 is 0.857 bits per heavy atom. The standard InChI is InChI=1S/C33H40N6O3/c1-24(2)36-17-8-18-38(31(40)21-26-13-15-28(42-4)16-14-26)33-25(3)9-7-10-27(33)22-37(20-19-36)32(41)23-39-34-29-11-5-6-12-30(29)35-39/h5-7,9-16,24H,8,17-23H2,1-4H3. The molecule has 0 saturated heterocycles. The van der Waals surface area contributed by atoms with Crippen LogP contribution in [0.15, 0.2) is 66.7 Å². The zero-order valence-electron chi connectivity index (χ0n) is 25.0. The summed E-state index contributed by atoms with van der Waals surface area (Å²) in [6.45, 7) is 9.61. The van der Waals surface area contributed by atoms with Crippen LogP contribution in [0.4, 0.5) is 5.69 Å². The molecule has 1 aromatic heterocycles. The third kappa shape index (κ3) is 6.79. The maximum Gasteiger partial charge on any atom is 0.246 e. The van der Waals surface area contributed by atoms with Gasteiger partial charge in [-0.25, -0.2) is 0 Å². The first kappa shape index (κ1) is 29.3. The molecular weight excluding hydrogens is 528 g/mol. The van der Waals surface area contributed by atoms with Crippen molar-refractivity contribution in [3.05, 3.63) is 83.4 Å². The molecule has 5 rings (SSSR count). The average Bonchev–Trinajstić information content (AvgIpc) is 3.37. The summed E-state index contributed by atoms with van der Waals surface area (Å²) in [5, 5.41) is 9.02. The quantitative estimate of drug-likeness (QED) is 0.341. The van der Waals surface area contributed by atoms with Gasteiger partial charge in [0.2, 0.25) is 11.8 Å². The Hall–Kier alpha value is -4.24. The summed E-state index contributed by atoms with van der Waals surface area (Å²) in [5.41, 5.74) is 5.34. The molecule has 0 unspecified atom stereocenters. The van der Waals surface area contributed by atoms with Crippen LogP contribution >= 0.6 is 0 Å². The molecule has 0 saturated carbocycles. The SMILES string of the molecule is COc1ccc(CC(=O)N2CCCN(C(C)C)CCN(C(=O)Cn3nc4ccccc4n3)Cc3cccc(C)c32)cc1. The number of fused-ring (bicyclic) bond motifs is 2. The van der Waals surface area contributed by atoms with Gasteiger partial charge >= 0.3 is 0 Å². The van der Waals surface area contributed by atoms with Crippen LogP contribution < -0.4 is 9.64 Å². The minimum atomic E-state index is -0.0539. The number of nitrogens with zero attached hydrogens (tertiary/aromatic N) is 6. The number of carbonyl (C=O) groups is 2. The third-order valence-electron chi connectivity index (χ3n) is 7.94. The lowest BCUT2D eigenvalue weighted by atomic mass is 10.0. The Kier molecular flexibility index (Phi) is 9.17. The molecule has 4 aromatic rings. The molecule has 9 nitrogen and oxygen atoms in total. The van der Waals surface area contributed by atoms with E-state index in [1.807, 2.05) is 83.5 Å². The molecule has 0 fully saturated rings. The van der Waals surface area contributed by atoms with Gasteiger partial charge in [0.15, 0.2) is 0 Å². The van der Waals surface area contributed by atoms with Gasteiger partial charge in [-0.15, -0.1) is 0 Å². The highest BCUT2D eigenvalue weighted by atomic mass is 16.5. The Morgan fingerprint density at radius 2 is 1.57 bits per heavy atom. The maximum absolute atomic E-state index is 13.9. The average molecular weight is 569 g/mol. The number of hydrogen-bond acceptors (Lipinski definition) is 6. The number of aryl methyl sites for hydroxylation is 1. The molecule has 0 radical (unpaired) electrons. The number of amides is 2. The molecule has 0 spiro atoms. The van der Waals surface area contributed by atoms with Crippen LogP contribution in [0.2, 0.25) is 0 Å². The van der Waals surface area contributed by atoms with Gasteiger partial charge < -0.3 is 14.5 Å². The van der Waals surface area contributed by atoms with Gasteiger partial charge in [0, 0.05) is 38.8 Å². The van der Waals surface area contributed by atoms with Crippen LogP contribution in [-0.2, 0) is 29.1 Å². The van der Waals surface area contributed by atoms with Gasteiger partial charge in [0.05, 0.1) is 19.2 Å². The Labute approximate surface area is 247 Å². The fourth-order valence-electron chi connectivity index (χ4n) is 5.61. The van der Waals surface area contributed by atoms with Gasteiger partial charge in [-0.3, -0.25) is 14.5 Å². The molecule has 0 N–H and O–H groups in total. The third-order valence-corrected chi connectivity index (χ3v) is 7.94. The van der Waals surface area contributed by atoms with Crippen LogP contribution in [0.25, 0.3) is 11.0 Å². The van der Waals surface area contributed by atoms with E-state index in [1.165, 1.54) is 4.80 Å². The minimum absolute atomic E-state index is 0.0383. The number of rotatable bonds is 6. The zero-order valence-corrected chi connectivity index (χ0v) is 25.0. The van der Waals surface area contributed by atoms with Gasteiger partial charge in [-0.2, -0.15) is 15.0 Å². The molecule has 0 atom stereocenters. The largest absolute Gasteiger partial charge is 0.497 e. The number of hydrogen-bond donors (Lipinski definition) is 0. The van der Waals surface area contributed by atoms with Crippen molar-refractivity contribution in [1.29, 1.82) is 0 Å². The zero-order chi connectivity index (χ0) is 29.6. The van der Waals surface area contributed by atoms with Crippen molar-refractivity contribution in [3.63, 3.8) is 0 Å². The first-order valence-corrected chi connectivity index (χ1v) is 14.7. The second-order valence-electron chi connectivity index (χ2n) is 11.2. The Balaban J connectivity index is 1.45. The number of para-hydroxylation sites is 1. The predicted molar refractivity (Wildman–Crippen MR) is 165 cm³/mol. The van der Waals surface area contributed by atoms with Crippen LogP contribution in [0.5, 0.6) is 5.75 Å². The molecule has 2 heterocycles. The topological polar surface area (TPSA) is 83.8 Å². The van der Waals surface area contributed by atoms with E-state index in [0.717, 1.165) is 58.7 Å². The lowest BCUT2D eigenvalue weighted by molar-refractivity contribution is -0.133. The summed E-state index contributed by atoms with van der Waals surface area (Å²) in [5.74, 6) is 0.748. The van der Waals surface area contributed by atoms with Crippen molar-refractivity contribution in [3.8, 4) is 5.75 Å². The number of methoxy groups -OCH3 is 1. The van der Waals surface area contributed by atoms with E-state index in [2.05, 4.69) is 28.9 Å². The van der Waals surface area contributed by atoms with Crippen molar-refractivity contribution in [2.75, 3.05) is 38.2 Å². The lowest BCUT2D eigenvalue weighted by Gasteiger charge is -2.30. The maximum atomic E-state index is 13.9. The molecule has 1 aliphatic heterocycles. The molecule has 42 heavy (non-hydrogen) atoms. The molecule has 3 aromatic carbocycles. The summed E-state index contributed by atoms with van der Waals surface area (Å²) >= 11 is 0. The Morgan fingerprint density at radius 3 is 2.24 bits per heavy atom. The highest BCUT2D eigenvalue weighted by Crippen LogP contribution is 2.29. The van der Waals surface area contributed by atoms with E-state index in [0.29, 0.717) is 25.7 Å². The molecular formula is C33H40N6O3. The van der Waals surface area contributed by atoms with E-state index in [1.54, 1.807) is 7.11 Å². The molecule has 1 aliphatic rings. The molecule has 2 amide bonds. The van der Waals surface area contributed by atoms with E-state index in [9.17, 15) is 9.59 Å². The van der Waals surface area contributed by atoms with Gasteiger partial charge in [0.1, 0.15) is 23.3 Å². The van der Waals surface area contributed by atoms with Crippen LogP contribution in [0.3, 0.4) is 0 Å². The van der Waals surface area contributed by atoms with Crippen LogP contribution in [-0.4, -0.2) is 75.9 Å². The monoisotopic (exact) mass is 568 g/mol. The van der Waals surface area contributed by atoms with E-state index >= 15 is 0 Å². The second kappa shape index (κ2) is 13.2. The minimum Gasteiger partial charge on any atom is -0.497 e. The second-order valence-corrected chi connectivity index (χ2v) is 11.2. The molecule has 9 heteroatoms.